The second kappa shape index (κ2) is 8.88. The molecule has 0 aliphatic heterocycles. The Hall–Kier alpha value is -1.22. The summed E-state index contributed by atoms with van der Waals surface area (Å²) in [6.07, 6.45) is 0. The first-order valence-corrected chi connectivity index (χ1v) is 14.4. The van der Waals surface area contributed by atoms with E-state index in [0.29, 0.717) is 0 Å². The topological polar surface area (TPSA) is 43.4 Å². The molecule has 154 valence electrons. The van der Waals surface area contributed by atoms with Crippen LogP contribution in [0.2, 0.25) is 0 Å². The van der Waals surface area contributed by atoms with E-state index in [1.54, 1.807) is 24.3 Å². The van der Waals surface area contributed by atoms with Gasteiger partial charge in [-0.15, -0.1) is 0 Å². The molecule has 3 aromatic carbocycles. The van der Waals surface area contributed by atoms with Gasteiger partial charge in [0.05, 0.1) is 0 Å². The van der Waals surface area contributed by atoms with Gasteiger partial charge in [-0.2, -0.15) is 0 Å². The number of halogens is 2. The summed E-state index contributed by atoms with van der Waals surface area (Å²) in [6.45, 7) is 10.1. The Kier molecular flexibility index (Phi) is 6.88. The summed E-state index contributed by atoms with van der Waals surface area (Å²) in [7, 11) is -3.88. The van der Waals surface area contributed by atoms with Crippen LogP contribution in [0, 0.1) is 41.8 Å². The molecule has 3 aromatic rings. The van der Waals surface area contributed by atoms with Gasteiger partial charge in [0.25, 0.3) is 0 Å². The molecule has 3 rings (SSSR count). The number of hydrogen-bond donors (Lipinski definition) is 0. The first-order chi connectivity index (χ1) is 13.6. The summed E-state index contributed by atoms with van der Waals surface area (Å²) < 4.78 is 35.3. The van der Waals surface area contributed by atoms with Crippen molar-refractivity contribution in [2.24, 2.45) is 0 Å². The van der Waals surface area contributed by atoms with Crippen molar-refractivity contribution in [3.05, 3.63) is 94.0 Å². The van der Waals surface area contributed by atoms with E-state index in [-0.39, 0.29) is 4.90 Å². The average Bonchev–Trinajstić information content (AvgIpc) is 2.62. The summed E-state index contributed by atoms with van der Waals surface area (Å²) in [5.74, 6) is 0. The molecule has 0 radical (unpaired) electrons. The molecule has 29 heavy (non-hydrogen) atoms. The Bertz CT molecular complexity index is 1130. The number of benzene rings is 3. The standard InChI is InChI=1S/C23H24BrIO3S/c1-15-6-10-21(11-7-15)29(26,27)28-25(20-9-8-17(3)22(24)14-20)23-18(4)12-16(2)13-19(23)5/h6-14H,1-5H3. The van der Waals surface area contributed by atoms with Crippen LogP contribution in [0.3, 0.4) is 0 Å². The molecular formula is C23H24BrIO3S. The zero-order valence-electron chi connectivity index (χ0n) is 17.1. The molecule has 0 spiro atoms. The van der Waals surface area contributed by atoms with Gasteiger partial charge in [0.1, 0.15) is 0 Å². The zero-order valence-corrected chi connectivity index (χ0v) is 21.6. The second-order valence-corrected chi connectivity index (χ2v) is 14.4. The van der Waals surface area contributed by atoms with Gasteiger partial charge in [-0.1, -0.05) is 0 Å². The molecule has 0 unspecified atom stereocenters. The molecule has 0 fully saturated rings. The first-order valence-electron chi connectivity index (χ1n) is 9.14. The predicted octanol–water partition coefficient (Wildman–Crippen LogP) is 6.86. The van der Waals surface area contributed by atoms with Crippen LogP contribution in [0.4, 0.5) is 0 Å². The molecule has 0 heterocycles. The van der Waals surface area contributed by atoms with E-state index in [2.05, 4.69) is 35.0 Å². The van der Waals surface area contributed by atoms with E-state index in [1.807, 2.05) is 45.9 Å². The van der Waals surface area contributed by atoms with Crippen molar-refractivity contribution < 1.29 is 10.9 Å². The second-order valence-electron chi connectivity index (χ2n) is 7.19. The average molecular weight is 587 g/mol. The van der Waals surface area contributed by atoms with E-state index >= 15 is 0 Å². The van der Waals surface area contributed by atoms with Crippen LogP contribution in [0.1, 0.15) is 27.8 Å². The van der Waals surface area contributed by atoms with Crippen molar-refractivity contribution in [2.45, 2.75) is 39.5 Å². The minimum atomic E-state index is -3.88. The fourth-order valence-corrected chi connectivity index (χ4v) is 11.5. The first kappa shape index (κ1) is 22.5. The molecule has 0 bridgehead atoms. The van der Waals surface area contributed by atoms with Gasteiger partial charge < -0.3 is 0 Å². The van der Waals surface area contributed by atoms with Crippen LogP contribution in [0.5, 0.6) is 0 Å². The molecule has 0 atom stereocenters. The van der Waals surface area contributed by atoms with Crippen LogP contribution in [0.15, 0.2) is 64.0 Å². The SMILES string of the molecule is Cc1ccc(S(=O)(=O)OI(c2ccc(C)c(Br)c2)c2c(C)cc(C)cc2C)cc1. The third kappa shape index (κ3) is 5.10. The molecule has 0 N–H and O–H groups in total. The third-order valence-corrected chi connectivity index (χ3v) is 13.5. The normalized spacial score (nSPS) is 12.1. The summed E-state index contributed by atoms with van der Waals surface area (Å²) in [5.41, 5.74) is 5.41. The van der Waals surface area contributed by atoms with Gasteiger partial charge in [-0.3, -0.25) is 0 Å². The Morgan fingerprint density at radius 3 is 1.90 bits per heavy atom. The quantitative estimate of drug-likeness (QED) is 0.307. The summed E-state index contributed by atoms with van der Waals surface area (Å²) >= 11 is 0.836. The Morgan fingerprint density at radius 2 is 1.34 bits per heavy atom. The van der Waals surface area contributed by atoms with Crippen molar-refractivity contribution >= 4 is 46.3 Å². The number of rotatable bonds is 5. The van der Waals surface area contributed by atoms with E-state index < -0.39 is 30.4 Å². The van der Waals surface area contributed by atoms with Gasteiger partial charge >= 0.3 is 191 Å². The maximum absolute atomic E-state index is 13.1. The van der Waals surface area contributed by atoms with Crippen molar-refractivity contribution in [2.75, 3.05) is 0 Å². The van der Waals surface area contributed by atoms with Crippen molar-refractivity contribution in [1.29, 1.82) is 0 Å². The molecule has 0 amide bonds. The van der Waals surface area contributed by atoms with Crippen molar-refractivity contribution in [3.63, 3.8) is 0 Å². The van der Waals surface area contributed by atoms with E-state index in [0.717, 1.165) is 39.4 Å². The fraction of sp³-hybridized carbons (Fsp3) is 0.217. The molecule has 0 aliphatic carbocycles. The van der Waals surface area contributed by atoms with Gasteiger partial charge in [0.15, 0.2) is 0 Å². The van der Waals surface area contributed by atoms with Gasteiger partial charge in [0.2, 0.25) is 0 Å². The molecule has 0 aromatic heterocycles. The Labute approximate surface area is 189 Å². The predicted molar refractivity (Wildman–Crippen MR) is 130 cm³/mol. The maximum atomic E-state index is 13.1. The van der Waals surface area contributed by atoms with E-state index in [9.17, 15) is 8.42 Å². The third-order valence-electron chi connectivity index (χ3n) is 4.54. The zero-order chi connectivity index (χ0) is 21.3. The fourth-order valence-electron chi connectivity index (χ4n) is 3.11. The number of aryl methyl sites for hydroxylation is 5. The van der Waals surface area contributed by atoms with Gasteiger partial charge in [0, 0.05) is 0 Å². The monoisotopic (exact) mass is 586 g/mol. The molecule has 3 nitrogen and oxygen atoms in total. The van der Waals surface area contributed by atoms with Crippen LogP contribution in [-0.2, 0) is 12.6 Å². The summed E-state index contributed by atoms with van der Waals surface area (Å²) in [5, 5.41) is 0. The molecule has 0 aliphatic rings. The van der Waals surface area contributed by atoms with E-state index in [1.165, 1.54) is 0 Å². The number of hydrogen-bond acceptors (Lipinski definition) is 3. The summed E-state index contributed by atoms with van der Waals surface area (Å²) in [6, 6.07) is 17.0. The summed E-state index contributed by atoms with van der Waals surface area (Å²) in [4.78, 5) is 0.194. The van der Waals surface area contributed by atoms with Crippen LogP contribution < -0.4 is 0 Å². The van der Waals surface area contributed by atoms with Crippen molar-refractivity contribution in [3.8, 4) is 0 Å². The molecule has 6 heteroatoms. The molecular weight excluding hydrogens is 563 g/mol. The Balaban J connectivity index is 2.16. The molecule has 0 saturated heterocycles. The van der Waals surface area contributed by atoms with Crippen LogP contribution in [0.25, 0.3) is 0 Å². The van der Waals surface area contributed by atoms with Crippen LogP contribution >= 0.6 is 36.2 Å². The van der Waals surface area contributed by atoms with E-state index in [4.69, 9.17) is 2.51 Å². The molecule has 0 saturated carbocycles. The Morgan fingerprint density at radius 1 is 0.759 bits per heavy atom. The van der Waals surface area contributed by atoms with Crippen LogP contribution in [-0.4, -0.2) is 8.42 Å². The van der Waals surface area contributed by atoms with Crippen molar-refractivity contribution in [1.82, 2.24) is 0 Å². The minimum absolute atomic E-state index is 0.194. The van der Waals surface area contributed by atoms with Gasteiger partial charge in [-0.05, 0) is 0 Å². The van der Waals surface area contributed by atoms with Gasteiger partial charge in [-0.25, -0.2) is 0 Å².